The molecule has 2 amide bonds. The monoisotopic (exact) mass is 382 g/mol. The van der Waals surface area contributed by atoms with Gasteiger partial charge < -0.3 is 15.5 Å². The zero-order chi connectivity index (χ0) is 20.3. The lowest BCUT2D eigenvalue weighted by molar-refractivity contribution is -0.117. The molecule has 0 spiro atoms. The minimum atomic E-state index is -0.146. The van der Waals surface area contributed by atoms with Crippen LogP contribution in [0.2, 0.25) is 0 Å². The van der Waals surface area contributed by atoms with Crippen molar-refractivity contribution < 1.29 is 9.59 Å². The zero-order valence-electron chi connectivity index (χ0n) is 16.7. The van der Waals surface area contributed by atoms with Crippen molar-refractivity contribution in [1.82, 2.24) is 14.9 Å². The van der Waals surface area contributed by atoms with Crippen LogP contribution in [0.3, 0.4) is 0 Å². The van der Waals surface area contributed by atoms with E-state index in [9.17, 15) is 9.59 Å². The fourth-order valence-electron chi connectivity index (χ4n) is 3.21. The lowest BCUT2D eigenvalue weighted by Crippen LogP contribution is -2.59. The van der Waals surface area contributed by atoms with Crippen LogP contribution < -0.4 is 15.5 Å². The van der Waals surface area contributed by atoms with Gasteiger partial charge in [-0.05, 0) is 39.1 Å². The Hall–Kier alpha value is -3.00. The molecule has 0 bridgehead atoms. The highest BCUT2D eigenvalue weighted by Crippen LogP contribution is 2.22. The average molecular weight is 382 g/mol. The average Bonchev–Trinajstić information content (AvgIpc) is 2.51. The first-order valence-corrected chi connectivity index (χ1v) is 9.25. The molecule has 8 nitrogen and oxygen atoms in total. The molecular formula is C20H26N6O2. The fraction of sp³-hybridized carbons (Fsp3) is 0.400. The van der Waals surface area contributed by atoms with E-state index in [0.29, 0.717) is 24.0 Å². The van der Waals surface area contributed by atoms with Crippen LogP contribution in [0.5, 0.6) is 0 Å². The second-order valence-electron chi connectivity index (χ2n) is 7.20. The van der Waals surface area contributed by atoms with Gasteiger partial charge in [-0.15, -0.1) is 0 Å². The van der Waals surface area contributed by atoms with E-state index in [-0.39, 0.29) is 11.8 Å². The van der Waals surface area contributed by atoms with Gasteiger partial charge in [-0.25, -0.2) is 9.97 Å². The molecule has 1 aliphatic heterocycles. The van der Waals surface area contributed by atoms with Gasteiger partial charge in [0.2, 0.25) is 11.8 Å². The summed E-state index contributed by atoms with van der Waals surface area (Å²) in [7, 11) is 1.95. The summed E-state index contributed by atoms with van der Waals surface area (Å²) in [4.78, 5) is 36.5. The maximum Gasteiger partial charge on any atom is 0.238 e. The van der Waals surface area contributed by atoms with E-state index in [1.165, 1.54) is 6.92 Å². The molecule has 0 saturated carbocycles. The number of hydrogen-bond donors (Lipinski definition) is 2. The highest BCUT2D eigenvalue weighted by Gasteiger charge is 2.31. The van der Waals surface area contributed by atoms with Gasteiger partial charge in [0.25, 0.3) is 0 Å². The van der Waals surface area contributed by atoms with Crippen molar-refractivity contribution >= 4 is 29.0 Å². The number of nitrogens with one attached hydrogen (secondary N) is 2. The molecule has 0 atom stereocenters. The van der Waals surface area contributed by atoms with Crippen molar-refractivity contribution in [2.24, 2.45) is 0 Å². The molecule has 1 aromatic heterocycles. The second-order valence-corrected chi connectivity index (χ2v) is 7.20. The van der Waals surface area contributed by atoms with Crippen molar-refractivity contribution in [3.63, 3.8) is 0 Å². The third kappa shape index (κ3) is 5.04. The Morgan fingerprint density at radius 2 is 1.82 bits per heavy atom. The molecule has 1 aliphatic rings. The van der Waals surface area contributed by atoms with Crippen molar-refractivity contribution in [2.75, 3.05) is 42.2 Å². The first kappa shape index (κ1) is 19.8. The highest BCUT2D eigenvalue weighted by atomic mass is 16.2. The molecule has 8 heteroatoms. The van der Waals surface area contributed by atoms with E-state index in [1.807, 2.05) is 31.9 Å². The maximum absolute atomic E-state index is 12.4. The number of aromatic nitrogens is 2. The zero-order valence-corrected chi connectivity index (χ0v) is 16.7. The number of benzene rings is 1. The Morgan fingerprint density at radius 3 is 2.46 bits per heavy atom. The summed E-state index contributed by atoms with van der Waals surface area (Å²) in [6.45, 7) is 7.27. The fourth-order valence-corrected chi connectivity index (χ4v) is 3.21. The van der Waals surface area contributed by atoms with E-state index in [2.05, 4.69) is 25.5 Å². The Kier molecular flexibility index (Phi) is 5.89. The van der Waals surface area contributed by atoms with Gasteiger partial charge in [0, 0.05) is 49.2 Å². The normalized spacial score (nSPS) is 14.0. The molecular weight excluding hydrogens is 356 g/mol. The van der Waals surface area contributed by atoms with E-state index in [0.717, 1.165) is 30.4 Å². The lowest BCUT2D eigenvalue weighted by atomic mass is 10.1. The summed E-state index contributed by atoms with van der Waals surface area (Å²) in [6, 6.07) is 9.39. The van der Waals surface area contributed by atoms with Crippen LogP contribution in [0, 0.1) is 13.8 Å². The molecule has 1 saturated heterocycles. The Balaban J connectivity index is 1.49. The minimum Gasteiger partial charge on any atom is -0.353 e. The van der Waals surface area contributed by atoms with Crippen LogP contribution in [0.25, 0.3) is 0 Å². The lowest BCUT2D eigenvalue weighted by Gasteiger charge is -2.44. The van der Waals surface area contributed by atoms with Gasteiger partial charge in [0.1, 0.15) is 11.6 Å². The van der Waals surface area contributed by atoms with Crippen LogP contribution in [0.4, 0.5) is 17.2 Å². The summed E-state index contributed by atoms with van der Waals surface area (Å²) in [5.74, 6) is 1.48. The van der Waals surface area contributed by atoms with E-state index in [1.54, 1.807) is 24.3 Å². The number of anilines is 3. The summed E-state index contributed by atoms with van der Waals surface area (Å²) in [5.41, 5.74) is 2.27. The predicted molar refractivity (Wildman–Crippen MR) is 110 cm³/mol. The van der Waals surface area contributed by atoms with Gasteiger partial charge >= 0.3 is 0 Å². The molecule has 28 heavy (non-hydrogen) atoms. The van der Waals surface area contributed by atoms with Crippen LogP contribution in [0.15, 0.2) is 30.3 Å². The highest BCUT2D eigenvalue weighted by molar-refractivity contribution is 5.94. The molecule has 3 rings (SSSR count). The van der Waals surface area contributed by atoms with Gasteiger partial charge in [0.15, 0.2) is 0 Å². The molecule has 0 unspecified atom stereocenters. The molecule has 2 aromatic rings. The van der Waals surface area contributed by atoms with Crippen molar-refractivity contribution in [1.29, 1.82) is 0 Å². The van der Waals surface area contributed by atoms with Crippen LogP contribution >= 0.6 is 0 Å². The first-order chi connectivity index (χ1) is 13.3. The molecule has 2 heterocycles. The molecule has 2 N–H and O–H groups in total. The minimum absolute atomic E-state index is 0.0883. The van der Waals surface area contributed by atoms with Gasteiger partial charge in [-0.1, -0.05) is 6.07 Å². The number of rotatable bonds is 6. The van der Waals surface area contributed by atoms with Crippen molar-refractivity contribution in [2.45, 2.75) is 26.8 Å². The van der Waals surface area contributed by atoms with Crippen LogP contribution in [0.1, 0.15) is 18.4 Å². The van der Waals surface area contributed by atoms with Crippen LogP contribution in [-0.2, 0) is 9.59 Å². The number of aryl methyl sites for hydroxylation is 2. The Morgan fingerprint density at radius 1 is 1.14 bits per heavy atom. The summed E-state index contributed by atoms with van der Waals surface area (Å²) >= 11 is 0. The van der Waals surface area contributed by atoms with E-state index < -0.39 is 0 Å². The number of hydrogen-bond acceptors (Lipinski definition) is 6. The smallest absolute Gasteiger partial charge is 0.238 e. The van der Waals surface area contributed by atoms with Gasteiger partial charge in [-0.3, -0.25) is 14.5 Å². The molecule has 1 fully saturated rings. The van der Waals surface area contributed by atoms with E-state index >= 15 is 0 Å². The Bertz CT molecular complexity index is 858. The quantitative estimate of drug-likeness (QED) is 0.792. The first-order valence-electron chi connectivity index (χ1n) is 9.25. The SMILES string of the molecule is CC(=O)Nc1cccc(NC(=O)CN(C)C2CN(c3cc(C)nc(C)n3)C2)c1. The third-order valence-electron chi connectivity index (χ3n) is 4.62. The third-order valence-corrected chi connectivity index (χ3v) is 4.62. The summed E-state index contributed by atoms with van der Waals surface area (Å²) in [6.07, 6.45) is 0. The number of nitrogens with zero attached hydrogens (tertiary/aromatic N) is 4. The summed E-state index contributed by atoms with van der Waals surface area (Å²) in [5, 5.41) is 5.59. The largest absolute Gasteiger partial charge is 0.353 e. The molecule has 0 aliphatic carbocycles. The summed E-state index contributed by atoms with van der Waals surface area (Å²) < 4.78 is 0. The number of carbonyl (C=O) groups excluding carboxylic acids is 2. The molecule has 0 radical (unpaired) electrons. The van der Waals surface area contributed by atoms with Crippen molar-refractivity contribution in [3.05, 3.63) is 41.9 Å². The van der Waals surface area contributed by atoms with Gasteiger partial charge in [-0.2, -0.15) is 0 Å². The number of likely N-dealkylation sites (N-methyl/N-ethyl adjacent to an activating group) is 1. The maximum atomic E-state index is 12.4. The standard InChI is InChI=1S/C20H26N6O2/c1-13-8-19(22-14(2)21-13)26-10-18(11-26)25(4)12-20(28)24-17-7-5-6-16(9-17)23-15(3)27/h5-9,18H,10-12H2,1-4H3,(H,23,27)(H,24,28). The second kappa shape index (κ2) is 8.35. The van der Waals surface area contributed by atoms with Gasteiger partial charge in [0.05, 0.1) is 6.54 Å². The number of amides is 2. The van der Waals surface area contributed by atoms with Crippen LogP contribution in [-0.4, -0.2) is 59.4 Å². The molecule has 148 valence electrons. The predicted octanol–water partition coefficient (Wildman–Crippen LogP) is 1.81. The van der Waals surface area contributed by atoms with Crippen molar-refractivity contribution in [3.8, 4) is 0 Å². The topological polar surface area (TPSA) is 90.5 Å². The number of carbonyl (C=O) groups is 2. The Labute approximate surface area is 165 Å². The van der Waals surface area contributed by atoms with E-state index in [4.69, 9.17) is 0 Å². The molecule has 1 aromatic carbocycles.